The number of ether oxygens (including phenoxy) is 1. The van der Waals surface area contributed by atoms with Gasteiger partial charge in [-0.15, -0.1) is 11.3 Å². The van der Waals surface area contributed by atoms with E-state index in [9.17, 15) is 18.0 Å². The first-order chi connectivity index (χ1) is 20.1. The number of halogens is 1. The van der Waals surface area contributed by atoms with Crippen LogP contribution < -0.4 is 19.3 Å². The maximum Gasteiger partial charge on any atom is 0.341 e. The molecule has 0 bridgehead atoms. The van der Waals surface area contributed by atoms with Crippen LogP contribution in [0.1, 0.15) is 19.4 Å². The van der Waals surface area contributed by atoms with E-state index in [0.29, 0.717) is 34.3 Å². The van der Waals surface area contributed by atoms with Gasteiger partial charge in [0.15, 0.2) is 6.04 Å². The molecule has 0 radical (unpaired) electrons. The summed E-state index contributed by atoms with van der Waals surface area (Å²) in [6.45, 7) is 4.66. The van der Waals surface area contributed by atoms with Gasteiger partial charge in [0.05, 0.1) is 25.1 Å². The number of hydrogen-bond acceptors (Lipinski definition) is 6. The lowest BCUT2D eigenvalue weighted by molar-refractivity contribution is -0.132. The molecule has 1 heterocycles. The third-order valence-corrected chi connectivity index (χ3v) is 9.75. The number of urea groups is 1. The van der Waals surface area contributed by atoms with Gasteiger partial charge in [0, 0.05) is 24.1 Å². The number of nitrogens with zero attached hydrogens (tertiary/aromatic N) is 1. The highest BCUT2D eigenvalue weighted by Gasteiger charge is 2.42. The molecule has 0 saturated carbocycles. The zero-order chi connectivity index (χ0) is 30.3. The fourth-order valence-corrected chi connectivity index (χ4v) is 6.87. The molecule has 4 rings (SSSR count). The van der Waals surface area contributed by atoms with Gasteiger partial charge in [-0.25, -0.2) is 27.2 Å². The number of quaternary nitrogens is 1. The number of sulfonamides is 1. The van der Waals surface area contributed by atoms with E-state index < -0.39 is 22.1 Å². The first kappa shape index (κ1) is 31.2. The molecule has 3 aromatic carbocycles. The standard InChI is InChI=1S/C31H32ClN3O5S2/c1-4-35(5-2,24-14-16-25(40-3)17-15-24)30(36)28(20-22-10-7-6-8-11-22)33-31(37)34-42(38,39)26-13-9-12-23(21-26)27-18-19-41-29(27)32/h6-19,21,28H,4-5,20H2,1-3H3,(H-,33,34,37)/p+1/t28-/m0/s1. The minimum absolute atomic E-state index is 0.0576. The molecule has 1 aromatic heterocycles. The van der Waals surface area contributed by atoms with Crippen molar-refractivity contribution in [2.45, 2.75) is 31.2 Å². The fraction of sp³-hybridized carbons (Fsp3) is 0.226. The first-order valence-electron chi connectivity index (χ1n) is 13.4. The number of rotatable bonds is 11. The lowest BCUT2D eigenvalue weighted by atomic mass is 10.0. The summed E-state index contributed by atoms with van der Waals surface area (Å²) in [6, 6.07) is 22.5. The minimum Gasteiger partial charge on any atom is -0.497 e. The van der Waals surface area contributed by atoms with Crippen molar-refractivity contribution in [3.8, 4) is 16.9 Å². The van der Waals surface area contributed by atoms with Gasteiger partial charge in [-0.1, -0.05) is 54.1 Å². The van der Waals surface area contributed by atoms with Gasteiger partial charge in [-0.05, 0) is 60.7 Å². The lowest BCUT2D eigenvalue weighted by Gasteiger charge is -2.36. The highest BCUT2D eigenvalue weighted by molar-refractivity contribution is 7.90. The Morgan fingerprint density at radius 2 is 1.64 bits per heavy atom. The topological polar surface area (TPSA) is 102 Å². The summed E-state index contributed by atoms with van der Waals surface area (Å²) in [4.78, 5) is 27.4. The van der Waals surface area contributed by atoms with E-state index in [-0.39, 0.29) is 21.7 Å². The molecule has 42 heavy (non-hydrogen) atoms. The van der Waals surface area contributed by atoms with Crippen LogP contribution in [-0.4, -0.2) is 46.6 Å². The number of likely N-dealkylation sites (N-methyl/N-ethyl adjacent to an activating group) is 1. The van der Waals surface area contributed by atoms with Crippen LogP contribution in [0.4, 0.5) is 10.5 Å². The van der Waals surface area contributed by atoms with Crippen LogP contribution in [-0.2, 0) is 21.2 Å². The molecule has 4 aromatic rings. The van der Waals surface area contributed by atoms with Crippen LogP contribution in [0.15, 0.2) is 95.2 Å². The predicted octanol–water partition coefficient (Wildman–Crippen LogP) is 6.25. The maximum absolute atomic E-state index is 14.3. The van der Waals surface area contributed by atoms with Crippen LogP contribution in [0.2, 0.25) is 4.34 Å². The van der Waals surface area contributed by atoms with E-state index in [1.54, 1.807) is 37.4 Å². The number of benzene rings is 3. The molecule has 0 unspecified atom stereocenters. The average molecular weight is 627 g/mol. The van der Waals surface area contributed by atoms with Gasteiger partial charge in [0.1, 0.15) is 15.8 Å². The Morgan fingerprint density at radius 1 is 0.952 bits per heavy atom. The summed E-state index contributed by atoms with van der Waals surface area (Å²) in [5.41, 5.74) is 2.86. The first-order valence-corrected chi connectivity index (χ1v) is 16.1. The Hall–Kier alpha value is -3.70. The van der Waals surface area contributed by atoms with E-state index in [1.807, 2.05) is 61.7 Å². The molecule has 220 valence electrons. The van der Waals surface area contributed by atoms with Crippen LogP contribution in [0.3, 0.4) is 0 Å². The molecule has 0 spiro atoms. The highest BCUT2D eigenvalue weighted by atomic mass is 35.5. The Bertz CT molecular complexity index is 1640. The van der Waals surface area contributed by atoms with Crippen molar-refractivity contribution in [2.75, 3.05) is 20.2 Å². The van der Waals surface area contributed by atoms with Gasteiger partial charge in [0.25, 0.3) is 10.0 Å². The zero-order valence-electron chi connectivity index (χ0n) is 23.5. The molecule has 0 aliphatic carbocycles. The number of methoxy groups -OCH3 is 1. The number of nitrogens with one attached hydrogen (secondary N) is 2. The summed E-state index contributed by atoms with van der Waals surface area (Å²) in [5.74, 6) is 0.390. The number of amides is 3. The van der Waals surface area contributed by atoms with Crippen LogP contribution in [0.25, 0.3) is 11.1 Å². The van der Waals surface area contributed by atoms with E-state index in [1.165, 1.54) is 23.5 Å². The second-order valence-corrected chi connectivity index (χ2v) is 12.8. The maximum atomic E-state index is 14.3. The molecule has 0 aliphatic rings. The number of carbonyl (C=O) groups excluding carboxylic acids is 2. The zero-order valence-corrected chi connectivity index (χ0v) is 25.9. The molecule has 3 amide bonds. The second-order valence-electron chi connectivity index (χ2n) is 9.59. The molecule has 0 saturated heterocycles. The Labute approximate surface area is 255 Å². The largest absolute Gasteiger partial charge is 0.497 e. The van der Waals surface area contributed by atoms with E-state index in [4.69, 9.17) is 16.3 Å². The predicted molar refractivity (Wildman–Crippen MR) is 168 cm³/mol. The molecular formula is C31H33ClN3O5S2+. The van der Waals surface area contributed by atoms with E-state index >= 15 is 0 Å². The Balaban J connectivity index is 1.62. The van der Waals surface area contributed by atoms with Crippen LogP contribution in [0, 0.1) is 0 Å². The summed E-state index contributed by atoms with van der Waals surface area (Å²) in [6.07, 6.45) is 0.176. The summed E-state index contributed by atoms with van der Waals surface area (Å²) in [7, 11) is -2.70. The minimum atomic E-state index is -4.27. The van der Waals surface area contributed by atoms with Crippen molar-refractivity contribution in [1.82, 2.24) is 14.5 Å². The van der Waals surface area contributed by atoms with Crippen molar-refractivity contribution in [2.24, 2.45) is 0 Å². The van der Waals surface area contributed by atoms with Gasteiger partial charge in [0.2, 0.25) is 0 Å². The van der Waals surface area contributed by atoms with E-state index in [2.05, 4.69) is 10.0 Å². The molecular weight excluding hydrogens is 594 g/mol. The van der Waals surface area contributed by atoms with Crippen molar-refractivity contribution in [1.29, 1.82) is 0 Å². The monoisotopic (exact) mass is 626 g/mol. The Morgan fingerprint density at radius 3 is 2.24 bits per heavy atom. The normalized spacial score (nSPS) is 12.4. The van der Waals surface area contributed by atoms with Gasteiger partial charge in [-0.2, -0.15) is 0 Å². The van der Waals surface area contributed by atoms with Crippen LogP contribution in [0.5, 0.6) is 5.75 Å². The van der Waals surface area contributed by atoms with E-state index in [0.717, 1.165) is 11.3 Å². The average Bonchev–Trinajstić information content (AvgIpc) is 3.44. The van der Waals surface area contributed by atoms with Gasteiger partial charge < -0.3 is 10.1 Å². The molecule has 2 N–H and O–H groups in total. The quantitative estimate of drug-likeness (QED) is 0.192. The van der Waals surface area contributed by atoms with Crippen LogP contribution >= 0.6 is 22.9 Å². The molecule has 0 aliphatic heterocycles. The number of carbonyl (C=O) groups is 2. The third-order valence-electron chi connectivity index (χ3n) is 7.25. The van der Waals surface area contributed by atoms with Crippen molar-refractivity contribution in [3.63, 3.8) is 0 Å². The number of thiophene rings is 1. The fourth-order valence-electron chi connectivity index (χ4n) is 4.94. The van der Waals surface area contributed by atoms with Crippen molar-refractivity contribution >= 4 is 50.6 Å². The lowest BCUT2D eigenvalue weighted by Crippen LogP contribution is -2.63. The Kier molecular flexibility index (Phi) is 10.1. The SMILES string of the molecule is CC[N+](CC)(C(=O)[C@H](Cc1ccccc1)NC(=O)NS(=O)(=O)c1cccc(-c2ccsc2Cl)c1)c1ccc(OC)cc1. The van der Waals surface area contributed by atoms with Gasteiger partial charge in [-0.3, -0.25) is 0 Å². The summed E-state index contributed by atoms with van der Waals surface area (Å²) < 4.78 is 34.3. The molecule has 11 heteroatoms. The molecule has 1 atom stereocenters. The highest BCUT2D eigenvalue weighted by Crippen LogP contribution is 2.33. The second kappa shape index (κ2) is 13.5. The molecule has 8 nitrogen and oxygen atoms in total. The van der Waals surface area contributed by atoms with Crippen molar-refractivity contribution in [3.05, 3.63) is 100 Å². The number of hydrogen-bond donors (Lipinski definition) is 2. The smallest absolute Gasteiger partial charge is 0.341 e. The third kappa shape index (κ3) is 6.84. The molecule has 0 fully saturated rings. The van der Waals surface area contributed by atoms with Gasteiger partial charge >= 0.3 is 11.9 Å². The summed E-state index contributed by atoms with van der Waals surface area (Å²) in [5, 5.41) is 4.48. The summed E-state index contributed by atoms with van der Waals surface area (Å²) >= 11 is 7.58. The van der Waals surface area contributed by atoms with Crippen molar-refractivity contribution < 1.29 is 22.7 Å².